The first-order chi connectivity index (χ1) is 7.31. The molecular weight excluding hydrogens is 210 g/mol. The molecule has 1 atom stereocenters. The zero-order valence-corrected chi connectivity index (χ0v) is 9.70. The molecule has 1 fully saturated rings. The molecule has 82 valence electrons. The molecule has 2 nitrogen and oxygen atoms in total. The molecule has 1 aromatic rings. The van der Waals surface area contributed by atoms with Gasteiger partial charge in [-0.2, -0.15) is 0 Å². The lowest BCUT2D eigenvalue weighted by Gasteiger charge is -2.35. The zero-order valence-electron chi connectivity index (χ0n) is 8.95. The number of alkyl halides is 1. The Labute approximate surface area is 95.8 Å². The zero-order chi connectivity index (χ0) is 10.7. The molecule has 1 aliphatic rings. The summed E-state index contributed by atoms with van der Waals surface area (Å²) in [4.78, 5) is 2.38. The summed E-state index contributed by atoms with van der Waals surface area (Å²) in [5, 5.41) is 0. The lowest BCUT2D eigenvalue weighted by atomic mass is 10.1. The molecule has 15 heavy (non-hydrogen) atoms. The standard InChI is InChI=1S/C12H16ClNO/c1-10-9-15-7-6-14(10)12-4-2-11(8-13)3-5-12/h2-5,10H,6-9H2,1H3. The number of morpholine rings is 1. The maximum Gasteiger partial charge on any atom is 0.0668 e. The van der Waals surface area contributed by atoms with Gasteiger partial charge in [0.05, 0.1) is 13.2 Å². The quantitative estimate of drug-likeness (QED) is 0.718. The largest absolute Gasteiger partial charge is 0.377 e. The minimum Gasteiger partial charge on any atom is -0.377 e. The van der Waals surface area contributed by atoms with Gasteiger partial charge in [0.15, 0.2) is 0 Å². The number of benzene rings is 1. The van der Waals surface area contributed by atoms with Crippen LogP contribution >= 0.6 is 11.6 Å². The van der Waals surface area contributed by atoms with Gasteiger partial charge >= 0.3 is 0 Å². The summed E-state index contributed by atoms with van der Waals surface area (Å²) < 4.78 is 5.42. The highest BCUT2D eigenvalue weighted by Gasteiger charge is 2.18. The molecule has 0 spiro atoms. The smallest absolute Gasteiger partial charge is 0.0668 e. The Morgan fingerprint density at radius 1 is 1.40 bits per heavy atom. The molecule has 1 saturated heterocycles. The fourth-order valence-corrected chi connectivity index (χ4v) is 2.07. The van der Waals surface area contributed by atoms with Crippen molar-refractivity contribution in [1.29, 1.82) is 0 Å². The van der Waals surface area contributed by atoms with E-state index in [4.69, 9.17) is 16.3 Å². The maximum atomic E-state index is 5.76. The van der Waals surface area contributed by atoms with E-state index in [-0.39, 0.29) is 0 Å². The number of rotatable bonds is 2. The average Bonchev–Trinajstić information content (AvgIpc) is 2.30. The summed E-state index contributed by atoms with van der Waals surface area (Å²) >= 11 is 5.76. The van der Waals surface area contributed by atoms with Crippen molar-refractivity contribution in [3.63, 3.8) is 0 Å². The van der Waals surface area contributed by atoms with Gasteiger partial charge in [0.2, 0.25) is 0 Å². The van der Waals surface area contributed by atoms with Crippen LogP contribution in [-0.2, 0) is 10.6 Å². The summed E-state index contributed by atoms with van der Waals surface area (Å²) in [6.07, 6.45) is 0. The molecule has 0 aliphatic carbocycles. The lowest BCUT2D eigenvalue weighted by Crippen LogP contribution is -2.43. The van der Waals surface area contributed by atoms with Crippen LogP contribution in [0.25, 0.3) is 0 Å². The SMILES string of the molecule is CC1COCCN1c1ccc(CCl)cc1. The molecule has 1 aromatic carbocycles. The Morgan fingerprint density at radius 3 is 2.73 bits per heavy atom. The highest BCUT2D eigenvalue weighted by Crippen LogP contribution is 2.20. The molecule has 0 amide bonds. The molecule has 0 aromatic heterocycles. The van der Waals surface area contributed by atoms with E-state index in [2.05, 4.69) is 36.1 Å². The molecule has 3 heteroatoms. The molecule has 0 bridgehead atoms. The first-order valence-corrected chi connectivity index (χ1v) is 5.84. The van der Waals surface area contributed by atoms with Crippen LogP contribution in [0.1, 0.15) is 12.5 Å². The molecular formula is C12H16ClNO. The van der Waals surface area contributed by atoms with Gasteiger partial charge in [-0.05, 0) is 24.6 Å². The van der Waals surface area contributed by atoms with Gasteiger partial charge in [0.1, 0.15) is 0 Å². The Hall–Kier alpha value is -0.730. The van der Waals surface area contributed by atoms with Gasteiger partial charge in [-0.3, -0.25) is 0 Å². The van der Waals surface area contributed by atoms with Crippen molar-refractivity contribution < 1.29 is 4.74 Å². The fraction of sp³-hybridized carbons (Fsp3) is 0.500. The predicted molar refractivity (Wildman–Crippen MR) is 63.6 cm³/mol. The third-order valence-corrected chi connectivity index (χ3v) is 3.10. The van der Waals surface area contributed by atoms with Crippen LogP contribution in [0.4, 0.5) is 5.69 Å². The molecule has 1 heterocycles. The van der Waals surface area contributed by atoms with Crippen LogP contribution in [0.5, 0.6) is 0 Å². The topological polar surface area (TPSA) is 12.5 Å². The van der Waals surface area contributed by atoms with Crippen LogP contribution in [0.3, 0.4) is 0 Å². The highest BCUT2D eigenvalue weighted by atomic mass is 35.5. The highest BCUT2D eigenvalue weighted by molar-refractivity contribution is 6.17. The molecule has 1 unspecified atom stereocenters. The average molecular weight is 226 g/mol. The Morgan fingerprint density at radius 2 is 2.13 bits per heavy atom. The normalized spacial score (nSPS) is 21.7. The number of ether oxygens (including phenoxy) is 1. The number of nitrogens with zero attached hydrogens (tertiary/aromatic N) is 1. The van der Waals surface area contributed by atoms with Crippen LogP contribution in [0.2, 0.25) is 0 Å². The second-order valence-electron chi connectivity index (χ2n) is 3.92. The van der Waals surface area contributed by atoms with E-state index in [1.807, 2.05) is 0 Å². The van der Waals surface area contributed by atoms with Crippen molar-refractivity contribution in [3.8, 4) is 0 Å². The molecule has 2 rings (SSSR count). The summed E-state index contributed by atoms with van der Waals surface area (Å²) in [5.41, 5.74) is 2.43. The first-order valence-electron chi connectivity index (χ1n) is 5.30. The summed E-state index contributed by atoms with van der Waals surface area (Å²) in [7, 11) is 0. The van der Waals surface area contributed by atoms with E-state index in [1.165, 1.54) is 11.3 Å². The number of hydrogen-bond donors (Lipinski definition) is 0. The van der Waals surface area contributed by atoms with Crippen LogP contribution < -0.4 is 4.90 Å². The minimum absolute atomic E-state index is 0.459. The van der Waals surface area contributed by atoms with Crippen molar-refractivity contribution in [3.05, 3.63) is 29.8 Å². The second-order valence-corrected chi connectivity index (χ2v) is 4.18. The van der Waals surface area contributed by atoms with Gasteiger partial charge in [0, 0.05) is 24.2 Å². The number of hydrogen-bond acceptors (Lipinski definition) is 2. The van der Waals surface area contributed by atoms with Gasteiger partial charge in [-0.1, -0.05) is 12.1 Å². The summed E-state index contributed by atoms with van der Waals surface area (Å²) in [6, 6.07) is 8.91. The maximum absolute atomic E-state index is 5.76. The van der Waals surface area contributed by atoms with Crippen molar-refractivity contribution in [2.24, 2.45) is 0 Å². The lowest BCUT2D eigenvalue weighted by molar-refractivity contribution is 0.0989. The third kappa shape index (κ3) is 2.44. The molecule has 1 aliphatic heterocycles. The number of anilines is 1. The van der Waals surface area contributed by atoms with Crippen LogP contribution in [0.15, 0.2) is 24.3 Å². The minimum atomic E-state index is 0.459. The summed E-state index contributed by atoms with van der Waals surface area (Å²) in [5.74, 6) is 0.582. The Bertz CT molecular complexity index is 312. The van der Waals surface area contributed by atoms with E-state index in [9.17, 15) is 0 Å². The molecule has 0 saturated carbocycles. The Kier molecular flexibility index (Phi) is 3.49. The van der Waals surface area contributed by atoms with Gasteiger partial charge in [0.25, 0.3) is 0 Å². The van der Waals surface area contributed by atoms with Gasteiger partial charge in [-0.25, -0.2) is 0 Å². The van der Waals surface area contributed by atoms with Crippen molar-refractivity contribution in [2.75, 3.05) is 24.7 Å². The van der Waals surface area contributed by atoms with E-state index in [0.717, 1.165) is 19.8 Å². The third-order valence-electron chi connectivity index (χ3n) is 2.79. The van der Waals surface area contributed by atoms with Crippen molar-refractivity contribution in [1.82, 2.24) is 0 Å². The monoisotopic (exact) mass is 225 g/mol. The fourth-order valence-electron chi connectivity index (χ4n) is 1.89. The predicted octanol–water partition coefficient (Wildman–Crippen LogP) is 2.65. The number of halogens is 1. The summed E-state index contributed by atoms with van der Waals surface area (Å²) in [6.45, 7) is 4.80. The molecule has 0 radical (unpaired) electrons. The van der Waals surface area contributed by atoms with Crippen molar-refractivity contribution >= 4 is 17.3 Å². The van der Waals surface area contributed by atoms with Crippen LogP contribution in [-0.4, -0.2) is 25.8 Å². The second kappa shape index (κ2) is 4.86. The molecule has 0 N–H and O–H groups in total. The van der Waals surface area contributed by atoms with Crippen molar-refractivity contribution in [2.45, 2.75) is 18.8 Å². The van der Waals surface area contributed by atoms with E-state index in [0.29, 0.717) is 11.9 Å². The van der Waals surface area contributed by atoms with Gasteiger partial charge in [-0.15, -0.1) is 11.6 Å². The van der Waals surface area contributed by atoms with E-state index < -0.39 is 0 Å². The van der Waals surface area contributed by atoms with Crippen LogP contribution in [0, 0.1) is 0 Å². The van der Waals surface area contributed by atoms with Gasteiger partial charge < -0.3 is 9.64 Å². The first kappa shape index (κ1) is 10.8. The van der Waals surface area contributed by atoms with E-state index in [1.54, 1.807) is 0 Å². The van der Waals surface area contributed by atoms with E-state index >= 15 is 0 Å². The Balaban J connectivity index is 2.13.